The molecule has 0 bridgehead atoms. The number of hydrogen-bond acceptors (Lipinski definition) is 3. The minimum atomic E-state index is -0.535. The molecule has 3 nitrogen and oxygen atoms in total. The fraction of sp³-hybridized carbons (Fsp3) is 0.625. The Bertz CT molecular complexity index is 501. The molecule has 116 valence electrons. The van der Waals surface area contributed by atoms with Crippen molar-refractivity contribution in [2.24, 2.45) is 11.3 Å². The predicted molar refractivity (Wildman–Crippen MR) is 85.2 cm³/mol. The van der Waals surface area contributed by atoms with E-state index < -0.39 is 6.10 Å². The van der Waals surface area contributed by atoms with Crippen molar-refractivity contribution in [2.75, 3.05) is 19.7 Å². The molecule has 0 aliphatic heterocycles. The molecule has 0 heterocycles. The molecule has 2 saturated carbocycles. The quantitative estimate of drug-likeness (QED) is 0.766. The Balaban J connectivity index is 1.37. The minimum absolute atomic E-state index is 0.227. The van der Waals surface area contributed by atoms with Gasteiger partial charge in [-0.2, -0.15) is 0 Å². The lowest BCUT2D eigenvalue weighted by Gasteiger charge is -2.18. The maximum atomic E-state index is 9.97. The van der Waals surface area contributed by atoms with E-state index in [9.17, 15) is 5.11 Å². The summed E-state index contributed by atoms with van der Waals surface area (Å²) in [7, 11) is 0. The fourth-order valence-electron chi connectivity index (χ4n) is 2.91. The summed E-state index contributed by atoms with van der Waals surface area (Å²) in [5, 5.41) is 14.4. The third-order valence-electron chi connectivity index (χ3n) is 4.52. The summed E-state index contributed by atoms with van der Waals surface area (Å²) < 4.78 is 5.53. The average molecular weight is 330 g/mol. The first kappa shape index (κ1) is 15.4. The molecule has 1 unspecified atom stereocenters. The zero-order valence-corrected chi connectivity index (χ0v) is 13.5. The Morgan fingerprint density at radius 2 is 2.10 bits per heavy atom. The van der Waals surface area contributed by atoms with Crippen LogP contribution in [0.4, 0.5) is 0 Å². The molecule has 0 radical (unpaired) electrons. The molecule has 0 amide bonds. The van der Waals surface area contributed by atoms with Crippen LogP contribution in [0.2, 0.25) is 10.0 Å². The molecule has 2 fully saturated rings. The van der Waals surface area contributed by atoms with E-state index in [0.29, 0.717) is 27.8 Å². The number of aliphatic hydroxyl groups excluding tert-OH is 1. The molecule has 0 saturated heterocycles. The normalized spacial score (nSPS) is 21.1. The lowest BCUT2D eigenvalue weighted by molar-refractivity contribution is 0.105. The van der Waals surface area contributed by atoms with Crippen LogP contribution in [0.15, 0.2) is 18.2 Å². The Morgan fingerprint density at radius 1 is 1.33 bits per heavy atom. The number of rotatable bonds is 8. The first-order valence-corrected chi connectivity index (χ1v) is 8.31. The third kappa shape index (κ3) is 4.04. The maximum absolute atomic E-state index is 9.97. The molecule has 5 heteroatoms. The summed E-state index contributed by atoms with van der Waals surface area (Å²) in [4.78, 5) is 0. The van der Waals surface area contributed by atoms with E-state index >= 15 is 0 Å². The highest BCUT2D eigenvalue weighted by Gasteiger charge is 2.53. The summed E-state index contributed by atoms with van der Waals surface area (Å²) >= 11 is 11.8. The van der Waals surface area contributed by atoms with Crippen LogP contribution >= 0.6 is 23.2 Å². The van der Waals surface area contributed by atoms with Crippen LogP contribution in [-0.2, 0) is 0 Å². The highest BCUT2D eigenvalue weighted by molar-refractivity contribution is 6.35. The molecule has 2 N–H and O–H groups in total. The van der Waals surface area contributed by atoms with Crippen molar-refractivity contribution >= 4 is 23.2 Å². The van der Waals surface area contributed by atoms with Crippen LogP contribution in [0.25, 0.3) is 0 Å². The smallest absolute Gasteiger partial charge is 0.138 e. The molecule has 21 heavy (non-hydrogen) atoms. The highest BCUT2D eigenvalue weighted by atomic mass is 35.5. The first-order valence-electron chi connectivity index (χ1n) is 7.56. The number of ether oxygens (including phenoxy) is 1. The van der Waals surface area contributed by atoms with Crippen LogP contribution in [0.1, 0.15) is 25.7 Å². The van der Waals surface area contributed by atoms with E-state index in [2.05, 4.69) is 5.32 Å². The van der Waals surface area contributed by atoms with Crippen molar-refractivity contribution in [2.45, 2.75) is 31.8 Å². The molecule has 0 spiro atoms. The van der Waals surface area contributed by atoms with Crippen LogP contribution in [0.5, 0.6) is 5.75 Å². The minimum Gasteiger partial charge on any atom is -0.489 e. The summed E-state index contributed by atoms with van der Waals surface area (Å²) in [6.45, 7) is 1.81. The Morgan fingerprint density at radius 3 is 2.71 bits per heavy atom. The second kappa shape index (κ2) is 6.33. The Kier molecular flexibility index (Phi) is 4.65. The van der Waals surface area contributed by atoms with Crippen molar-refractivity contribution in [1.29, 1.82) is 0 Å². The van der Waals surface area contributed by atoms with Gasteiger partial charge < -0.3 is 15.2 Å². The van der Waals surface area contributed by atoms with Gasteiger partial charge in [0.25, 0.3) is 0 Å². The van der Waals surface area contributed by atoms with Crippen molar-refractivity contribution in [3.63, 3.8) is 0 Å². The Labute approximate surface area is 135 Å². The van der Waals surface area contributed by atoms with Crippen molar-refractivity contribution in [1.82, 2.24) is 5.32 Å². The van der Waals surface area contributed by atoms with Crippen molar-refractivity contribution < 1.29 is 9.84 Å². The largest absolute Gasteiger partial charge is 0.489 e. The Hall–Kier alpha value is -0.480. The lowest BCUT2D eigenvalue weighted by atomic mass is 10.0. The molecule has 3 rings (SSSR count). The number of hydrogen-bond donors (Lipinski definition) is 2. The fourth-order valence-corrected chi connectivity index (χ4v) is 3.37. The second-order valence-corrected chi connectivity index (χ2v) is 7.15. The van der Waals surface area contributed by atoms with Crippen LogP contribution in [0.3, 0.4) is 0 Å². The van der Waals surface area contributed by atoms with E-state index in [-0.39, 0.29) is 6.61 Å². The number of halogens is 2. The molecule has 1 aromatic carbocycles. The molecule has 0 aromatic heterocycles. The standard InChI is InChI=1S/C16H21Cl2NO2/c17-12-3-4-15(14(18)7-12)21-9-13(20)8-19-10-16(5-6-16)11-1-2-11/h3-4,7,11,13,19-20H,1-2,5-6,8-10H2. The zero-order valence-electron chi connectivity index (χ0n) is 11.9. The van der Waals surface area contributed by atoms with Gasteiger partial charge in [0, 0.05) is 18.1 Å². The van der Waals surface area contributed by atoms with Gasteiger partial charge in [0.2, 0.25) is 0 Å². The van der Waals surface area contributed by atoms with Crippen LogP contribution in [0, 0.1) is 11.3 Å². The van der Waals surface area contributed by atoms with Gasteiger partial charge in [-0.1, -0.05) is 23.2 Å². The SMILES string of the molecule is OC(CNCC1(C2CC2)CC1)COc1ccc(Cl)cc1Cl. The van der Waals surface area contributed by atoms with Gasteiger partial charge in [0.15, 0.2) is 0 Å². The van der Waals surface area contributed by atoms with Gasteiger partial charge in [0.1, 0.15) is 18.5 Å². The number of nitrogens with one attached hydrogen (secondary N) is 1. The van der Waals surface area contributed by atoms with Crippen molar-refractivity contribution in [3.8, 4) is 5.75 Å². The van der Waals surface area contributed by atoms with E-state index in [1.54, 1.807) is 18.2 Å². The zero-order chi connectivity index (χ0) is 14.9. The third-order valence-corrected chi connectivity index (χ3v) is 5.05. The summed E-state index contributed by atoms with van der Waals surface area (Å²) in [5.74, 6) is 1.49. The van der Waals surface area contributed by atoms with E-state index in [0.717, 1.165) is 12.5 Å². The maximum Gasteiger partial charge on any atom is 0.138 e. The molecule has 1 aromatic rings. The molecular formula is C16H21Cl2NO2. The molecular weight excluding hydrogens is 309 g/mol. The van der Waals surface area contributed by atoms with Crippen LogP contribution < -0.4 is 10.1 Å². The average Bonchev–Trinajstić information content (AvgIpc) is 3.30. The van der Waals surface area contributed by atoms with Gasteiger partial charge in [0.05, 0.1) is 5.02 Å². The monoisotopic (exact) mass is 329 g/mol. The predicted octanol–water partition coefficient (Wildman–Crippen LogP) is 3.51. The first-order chi connectivity index (χ1) is 10.1. The van der Waals surface area contributed by atoms with Gasteiger partial charge >= 0.3 is 0 Å². The molecule has 2 aliphatic rings. The van der Waals surface area contributed by atoms with E-state index in [4.69, 9.17) is 27.9 Å². The topological polar surface area (TPSA) is 41.5 Å². The number of aliphatic hydroxyl groups is 1. The van der Waals surface area contributed by atoms with Gasteiger partial charge in [-0.05, 0) is 55.2 Å². The van der Waals surface area contributed by atoms with Crippen molar-refractivity contribution in [3.05, 3.63) is 28.2 Å². The lowest BCUT2D eigenvalue weighted by Crippen LogP contribution is -2.35. The molecule has 2 aliphatic carbocycles. The summed E-state index contributed by atoms with van der Waals surface area (Å²) in [6.07, 6.45) is 4.94. The van der Waals surface area contributed by atoms with E-state index in [1.165, 1.54) is 25.7 Å². The van der Waals surface area contributed by atoms with Gasteiger partial charge in [-0.25, -0.2) is 0 Å². The summed E-state index contributed by atoms with van der Waals surface area (Å²) in [5.41, 5.74) is 0.556. The number of benzene rings is 1. The summed E-state index contributed by atoms with van der Waals surface area (Å²) in [6, 6.07) is 5.08. The molecule has 1 atom stereocenters. The van der Waals surface area contributed by atoms with Crippen LogP contribution in [-0.4, -0.2) is 30.9 Å². The van der Waals surface area contributed by atoms with Gasteiger partial charge in [-0.15, -0.1) is 0 Å². The van der Waals surface area contributed by atoms with Gasteiger partial charge in [-0.3, -0.25) is 0 Å². The second-order valence-electron chi connectivity index (χ2n) is 6.31. The highest BCUT2D eigenvalue weighted by Crippen LogP contribution is 2.60. The van der Waals surface area contributed by atoms with E-state index in [1.807, 2.05) is 0 Å².